The maximum Gasteiger partial charge on any atom is 0.323 e. The van der Waals surface area contributed by atoms with E-state index in [1.54, 1.807) is 62.5 Å². The van der Waals surface area contributed by atoms with E-state index >= 15 is 0 Å². The number of nitrogen functional groups attached to an aromatic ring is 1. The molecule has 10 nitrogen and oxygen atoms in total. The van der Waals surface area contributed by atoms with Crippen LogP contribution in [0.25, 0.3) is 45.0 Å². The van der Waals surface area contributed by atoms with Crippen molar-refractivity contribution in [2.24, 2.45) is 0 Å². The van der Waals surface area contributed by atoms with Gasteiger partial charge >= 0.3 is 5.69 Å². The highest BCUT2D eigenvalue weighted by Gasteiger charge is 2.17. The Kier molecular flexibility index (Phi) is 5.05. The van der Waals surface area contributed by atoms with Gasteiger partial charge in [-0.1, -0.05) is 23.4 Å². The van der Waals surface area contributed by atoms with Crippen LogP contribution in [0.1, 0.15) is 13.8 Å². The molecule has 0 spiro atoms. The second-order valence-corrected chi connectivity index (χ2v) is 10.7. The molecule has 5 aromatic rings. The Hall–Kier alpha value is -4.25. The number of benzene rings is 2. The van der Waals surface area contributed by atoms with Crippen LogP contribution in [0.3, 0.4) is 0 Å². The first-order valence-corrected chi connectivity index (χ1v) is 12.0. The molecule has 0 radical (unpaired) electrons. The zero-order valence-corrected chi connectivity index (χ0v) is 19.1. The quantitative estimate of drug-likeness (QED) is 0.297. The molecule has 0 bridgehead atoms. The number of fused-ring (bicyclic) bond motifs is 1. The van der Waals surface area contributed by atoms with E-state index in [1.807, 2.05) is 6.07 Å². The molecule has 1 unspecified atom stereocenters. The normalized spacial score (nSPS) is 13.4. The van der Waals surface area contributed by atoms with Crippen molar-refractivity contribution in [3.05, 3.63) is 65.2 Å². The van der Waals surface area contributed by atoms with Crippen LogP contribution in [0.2, 0.25) is 0 Å². The van der Waals surface area contributed by atoms with Gasteiger partial charge in [0.2, 0.25) is 0 Å². The van der Waals surface area contributed by atoms with Crippen LogP contribution in [-0.4, -0.2) is 34.6 Å². The molecule has 3 heterocycles. The number of nitrogens with one attached hydrogen (secondary N) is 3. The van der Waals surface area contributed by atoms with Crippen LogP contribution >= 0.6 is 0 Å². The highest BCUT2D eigenvalue weighted by molar-refractivity contribution is 7.93. The Balaban J connectivity index is 1.49. The van der Waals surface area contributed by atoms with Gasteiger partial charge in [-0.15, -0.1) is 0 Å². The maximum absolute atomic E-state index is 12.6. The third kappa shape index (κ3) is 3.75. The minimum atomic E-state index is -2.87. The predicted octanol–water partition coefficient (Wildman–Crippen LogP) is 4.03. The minimum absolute atomic E-state index is 0.183. The minimum Gasteiger partial charge on any atom is -0.382 e. The molecular weight excluding hydrogens is 454 g/mol. The molecule has 0 saturated heterocycles. The van der Waals surface area contributed by atoms with Crippen molar-refractivity contribution in [2.45, 2.75) is 24.0 Å². The number of nitrogens with two attached hydrogens (primary N) is 1. The summed E-state index contributed by atoms with van der Waals surface area (Å²) in [6, 6.07) is 14.0. The first-order valence-electron chi connectivity index (χ1n) is 10.4. The van der Waals surface area contributed by atoms with E-state index < -0.39 is 9.73 Å². The zero-order chi connectivity index (χ0) is 24.0. The molecule has 0 fully saturated rings. The zero-order valence-electron chi connectivity index (χ0n) is 18.3. The van der Waals surface area contributed by atoms with Gasteiger partial charge in [-0.3, -0.25) is 0 Å². The van der Waals surface area contributed by atoms with Gasteiger partial charge in [0.05, 0.1) is 32.7 Å². The van der Waals surface area contributed by atoms with Crippen LogP contribution in [0.4, 0.5) is 5.82 Å². The van der Waals surface area contributed by atoms with Crippen molar-refractivity contribution in [1.82, 2.24) is 25.1 Å². The lowest BCUT2D eigenvalue weighted by molar-refractivity contribution is 0.434. The summed E-state index contributed by atoms with van der Waals surface area (Å²) >= 11 is 0. The van der Waals surface area contributed by atoms with E-state index in [9.17, 15) is 9.00 Å². The molecule has 0 saturated carbocycles. The topological polar surface area (TPSA) is 167 Å². The van der Waals surface area contributed by atoms with Gasteiger partial charge in [-0.05, 0) is 38.1 Å². The SMILES string of the molecule is CC(C)S(=N)(=O)c1ccc(-c2cnc(N)c(-c3cc(-c4ccc5[nH]c(=O)[nH]c5c4)no3)n2)cc1. The third-order valence-corrected chi connectivity index (χ3v) is 7.82. The summed E-state index contributed by atoms with van der Waals surface area (Å²) in [5.74, 6) is 0.526. The van der Waals surface area contributed by atoms with E-state index in [1.165, 1.54) is 0 Å². The molecule has 0 aliphatic heterocycles. The van der Waals surface area contributed by atoms with Crippen LogP contribution < -0.4 is 11.4 Å². The number of hydrogen-bond acceptors (Lipinski definition) is 8. The monoisotopic (exact) mass is 475 g/mol. The number of aromatic amines is 2. The summed E-state index contributed by atoms with van der Waals surface area (Å²) in [6.45, 7) is 3.53. The molecule has 34 heavy (non-hydrogen) atoms. The number of imidazole rings is 1. The Labute approximate surface area is 194 Å². The molecule has 172 valence electrons. The smallest absolute Gasteiger partial charge is 0.323 e. The molecule has 5 rings (SSSR count). The average Bonchev–Trinajstić information content (AvgIpc) is 3.45. The molecule has 0 aliphatic carbocycles. The van der Waals surface area contributed by atoms with Crippen molar-refractivity contribution in [2.75, 3.05) is 5.73 Å². The lowest BCUT2D eigenvalue weighted by Gasteiger charge is -2.12. The predicted molar refractivity (Wildman–Crippen MR) is 130 cm³/mol. The van der Waals surface area contributed by atoms with Crippen molar-refractivity contribution < 1.29 is 8.73 Å². The number of nitrogens with zero attached hydrogens (tertiary/aromatic N) is 3. The fraction of sp³-hybridized carbons (Fsp3) is 0.130. The second-order valence-electron chi connectivity index (χ2n) is 8.08. The van der Waals surface area contributed by atoms with Crippen molar-refractivity contribution in [3.63, 3.8) is 0 Å². The molecule has 0 aliphatic rings. The van der Waals surface area contributed by atoms with Gasteiger partial charge in [0.25, 0.3) is 0 Å². The van der Waals surface area contributed by atoms with E-state index in [4.69, 9.17) is 15.0 Å². The Morgan fingerprint density at radius 2 is 1.71 bits per heavy atom. The number of hydrogen-bond donors (Lipinski definition) is 4. The Bertz CT molecular complexity index is 1680. The van der Waals surface area contributed by atoms with Crippen LogP contribution in [0.5, 0.6) is 0 Å². The largest absolute Gasteiger partial charge is 0.382 e. The maximum atomic E-state index is 12.6. The van der Waals surface area contributed by atoms with E-state index in [0.717, 1.165) is 11.1 Å². The lowest BCUT2D eigenvalue weighted by atomic mass is 10.1. The summed E-state index contributed by atoms with van der Waals surface area (Å²) in [4.78, 5) is 26.3. The molecule has 2 aromatic carbocycles. The number of aromatic nitrogens is 5. The fourth-order valence-electron chi connectivity index (χ4n) is 3.53. The van der Waals surface area contributed by atoms with Crippen LogP contribution in [-0.2, 0) is 9.73 Å². The first-order chi connectivity index (χ1) is 16.2. The molecule has 11 heteroatoms. The summed E-state index contributed by atoms with van der Waals surface area (Å²) in [5.41, 5.74) is 10.1. The summed E-state index contributed by atoms with van der Waals surface area (Å²) in [7, 11) is -2.87. The van der Waals surface area contributed by atoms with E-state index in [0.29, 0.717) is 38.8 Å². The van der Waals surface area contributed by atoms with Crippen molar-refractivity contribution >= 4 is 26.6 Å². The molecule has 1 atom stereocenters. The van der Waals surface area contributed by atoms with Crippen molar-refractivity contribution in [3.8, 4) is 34.0 Å². The molecule has 5 N–H and O–H groups in total. The number of H-pyrrole nitrogens is 2. The van der Waals surface area contributed by atoms with Crippen molar-refractivity contribution in [1.29, 1.82) is 4.78 Å². The van der Waals surface area contributed by atoms with Gasteiger partial charge in [0, 0.05) is 27.3 Å². The highest BCUT2D eigenvalue weighted by Crippen LogP contribution is 2.30. The van der Waals surface area contributed by atoms with Gasteiger partial charge in [0.1, 0.15) is 5.69 Å². The number of rotatable bonds is 5. The molecule has 3 aromatic heterocycles. The third-order valence-electron chi connectivity index (χ3n) is 5.52. The fourth-order valence-corrected chi connectivity index (χ4v) is 4.62. The van der Waals surface area contributed by atoms with Gasteiger partial charge in [-0.25, -0.2) is 23.8 Å². The van der Waals surface area contributed by atoms with E-state index in [-0.39, 0.29) is 16.8 Å². The van der Waals surface area contributed by atoms with Gasteiger partial charge in [0.15, 0.2) is 17.3 Å². The Morgan fingerprint density at radius 1 is 1.00 bits per heavy atom. The lowest BCUT2D eigenvalue weighted by Crippen LogP contribution is -2.12. The molecule has 0 amide bonds. The molecular formula is C23H21N7O3S. The number of anilines is 1. The van der Waals surface area contributed by atoms with E-state index in [2.05, 4.69) is 25.1 Å². The Morgan fingerprint density at radius 3 is 2.44 bits per heavy atom. The summed E-state index contributed by atoms with van der Waals surface area (Å²) < 4.78 is 26.2. The second kappa shape index (κ2) is 7.96. The first kappa shape index (κ1) is 21.6. The highest BCUT2D eigenvalue weighted by atomic mass is 32.2. The van der Waals surface area contributed by atoms with Gasteiger partial charge in [-0.2, -0.15) is 0 Å². The van der Waals surface area contributed by atoms with Crippen LogP contribution in [0.15, 0.2) is 68.9 Å². The standard InChI is InChI=1S/C23H21N7O3S/c1-12(2)34(25,32)15-6-3-13(4-7-15)19-11-26-22(24)21(27-19)20-10-17(30-33-20)14-5-8-16-18(9-14)29-23(31)28-16/h3-12,25H,1-2H3,(H2,24,26)(H2,28,29,31). The summed E-state index contributed by atoms with van der Waals surface area (Å²) in [6.07, 6.45) is 1.54. The van der Waals surface area contributed by atoms with Crippen LogP contribution in [0, 0.1) is 4.78 Å². The average molecular weight is 476 g/mol. The summed E-state index contributed by atoms with van der Waals surface area (Å²) in [5, 5.41) is 3.83. The van der Waals surface area contributed by atoms with Gasteiger partial charge < -0.3 is 20.2 Å².